The lowest BCUT2D eigenvalue weighted by atomic mass is 9.82. The van der Waals surface area contributed by atoms with Gasteiger partial charge in [-0.3, -0.25) is 4.57 Å². The van der Waals surface area contributed by atoms with Crippen molar-refractivity contribution in [3.8, 4) is 0 Å². The fourth-order valence-corrected chi connectivity index (χ4v) is 3.98. The summed E-state index contributed by atoms with van der Waals surface area (Å²) in [5.74, 6) is -2.67. The quantitative estimate of drug-likeness (QED) is 0.435. The van der Waals surface area contributed by atoms with Crippen LogP contribution in [0.2, 0.25) is 0 Å². The summed E-state index contributed by atoms with van der Waals surface area (Å²) in [6, 6.07) is 0.981. The summed E-state index contributed by atoms with van der Waals surface area (Å²) in [7, 11) is 0. The lowest BCUT2D eigenvalue weighted by Crippen LogP contribution is -2.38. The Bertz CT molecular complexity index is 1090. The lowest BCUT2D eigenvalue weighted by molar-refractivity contribution is -0.0498. The molecule has 3 aromatic rings. The summed E-state index contributed by atoms with van der Waals surface area (Å²) in [6.07, 6.45) is 4.07. The number of aliphatic hydroxyl groups excluding tert-OH is 1. The van der Waals surface area contributed by atoms with Crippen molar-refractivity contribution in [1.29, 1.82) is 0 Å². The number of anilines is 3. The van der Waals surface area contributed by atoms with Crippen molar-refractivity contribution >= 4 is 28.7 Å². The van der Waals surface area contributed by atoms with E-state index in [1.807, 2.05) is 6.92 Å². The number of nitrogens with zero attached hydrogens (tertiary/aromatic N) is 4. The van der Waals surface area contributed by atoms with E-state index in [4.69, 9.17) is 0 Å². The van der Waals surface area contributed by atoms with Crippen LogP contribution in [-0.4, -0.2) is 48.5 Å². The predicted molar refractivity (Wildman–Crippen MR) is 113 cm³/mol. The molecule has 0 bridgehead atoms. The van der Waals surface area contributed by atoms with E-state index >= 15 is 0 Å². The maximum atomic E-state index is 14.3. The Balaban J connectivity index is 1.77. The molecule has 11 heteroatoms. The van der Waals surface area contributed by atoms with Gasteiger partial charge in [0.05, 0.1) is 18.4 Å². The molecule has 172 valence electrons. The third-order valence-corrected chi connectivity index (χ3v) is 5.75. The third-order valence-electron chi connectivity index (χ3n) is 5.75. The summed E-state index contributed by atoms with van der Waals surface area (Å²) in [4.78, 5) is 13.2. The molecule has 0 atom stereocenters. The molecule has 32 heavy (non-hydrogen) atoms. The molecule has 4 N–H and O–H groups in total. The Morgan fingerprint density at radius 1 is 1.16 bits per heavy atom. The van der Waals surface area contributed by atoms with Gasteiger partial charge in [0.25, 0.3) is 0 Å². The molecule has 1 aliphatic rings. The monoisotopic (exact) mass is 450 g/mol. The number of halogens is 3. The molecule has 1 aromatic carbocycles. The van der Waals surface area contributed by atoms with Gasteiger partial charge in [0, 0.05) is 24.7 Å². The van der Waals surface area contributed by atoms with Crippen LogP contribution >= 0.6 is 0 Å². The summed E-state index contributed by atoms with van der Waals surface area (Å²) >= 11 is 0. The second-order valence-corrected chi connectivity index (χ2v) is 8.12. The van der Waals surface area contributed by atoms with Crippen molar-refractivity contribution < 1.29 is 23.4 Å². The number of hydrogen-bond acceptors (Lipinski definition) is 7. The second-order valence-electron chi connectivity index (χ2n) is 8.12. The minimum Gasteiger partial charge on any atom is -0.393 e. The SMILES string of the molecule is CCCNc1ncc2nc(Nc3c(F)cc(F)cc3F)n(C3CCC(O)(CO)CC3)c2n1. The van der Waals surface area contributed by atoms with E-state index in [1.165, 1.54) is 6.20 Å². The Kier molecular flexibility index (Phi) is 6.20. The highest BCUT2D eigenvalue weighted by molar-refractivity contribution is 5.76. The zero-order valence-corrected chi connectivity index (χ0v) is 17.6. The van der Waals surface area contributed by atoms with Gasteiger partial charge in [-0.1, -0.05) is 6.92 Å². The maximum absolute atomic E-state index is 14.3. The van der Waals surface area contributed by atoms with E-state index in [2.05, 4.69) is 25.6 Å². The fourth-order valence-electron chi connectivity index (χ4n) is 3.98. The van der Waals surface area contributed by atoms with Crippen LogP contribution in [0.25, 0.3) is 11.2 Å². The fraction of sp³-hybridized carbons (Fsp3) is 0.476. The van der Waals surface area contributed by atoms with Crippen molar-refractivity contribution in [2.75, 3.05) is 23.8 Å². The van der Waals surface area contributed by atoms with E-state index in [-0.39, 0.29) is 18.6 Å². The zero-order valence-electron chi connectivity index (χ0n) is 17.6. The van der Waals surface area contributed by atoms with E-state index < -0.39 is 28.7 Å². The molecule has 0 aliphatic heterocycles. The highest BCUT2D eigenvalue weighted by Gasteiger charge is 2.35. The van der Waals surface area contributed by atoms with Gasteiger partial charge in [-0.15, -0.1) is 0 Å². The normalized spacial score (nSPS) is 21.1. The van der Waals surface area contributed by atoms with Gasteiger partial charge < -0.3 is 20.8 Å². The standard InChI is InChI=1S/C21H25F3N6O2/c1-2-7-25-19-26-10-16-18(29-19)30(13-3-5-21(32,11-31)6-4-13)20(27-16)28-17-14(23)8-12(22)9-15(17)24/h8-10,13,31-32H,2-7,11H2,1H3,(H,27,28)(H,25,26,29). The van der Waals surface area contributed by atoms with Crippen LogP contribution in [0.15, 0.2) is 18.3 Å². The second kappa shape index (κ2) is 8.91. The van der Waals surface area contributed by atoms with E-state index in [0.717, 1.165) is 6.42 Å². The number of benzene rings is 1. The van der Waals surface area contributed by atoms with Gasteiger partial charge in [-0.25, -0.2) is 23.1 Å². The number of nitrogens with one attached hydrogen (secondary N) is 2. The zero-order chi connectivity index (χ0) is 22.9. The Labute approximate surface area is 182 Å². The van der Waals surface area contributed by atoms with Crippen molar-refractivity contribution in [2.45, 2.75) is 50.7 Å². The first-order valence-corrected chi connectivity index (χ1v) is 10.6. The third kappa shape index (κ3) is 4.35. The number of aliphatic hydroxyl groups is 2. The van der Waals surface area contributed by atoms with E-state index in [9.17, 15) is 23.4 Å². The largest absolute Gasteiger partial charge is 0.393 e. The van der Waals surface area contributed by atoms with Crippen LogP contribution in [0, 0.1) is 17.5 Å². The molecule has 0 radical (unpaired) electrons. The summed E-state index contributed by atoms with van der Waals surface area (Å²) < 4.78 is 43.7. The minimum atomic E-state index is -1.15. The molecule has 0 unspecified atom stereocenters. The molecular formula is C21H25F3N6O2. The summed E-state index contributed by atoms with van der Waals surface area (Å²) in [5.41, 5.74) is -0.801. The summed E-state index contributed by atoms with van der Waals surface area (Å²) in [6.45, 7) is 2.34. The number of hydrogen-bond donors (Lipinski definition) is 4. The number of imidazole rings is 1. The average molecular weight is 450 g/mol. The first-order valence-electron chi connectivity index (χ1n) is 10.6. The average Bonchev–Trinajstić information content (AvgIpc) is 3.12. The molecule has 0 amide bonds. The van der Waals surface area contributed by atoms with Crippen molar-refractivity contribution in [1.82, 2.24) is 19.5 Å². The predicted octanol–water partition coefficient (Wildman–Crippen LogP) is 3.65. The molecule has 2 heterocycles. The first-order chi connectivity index (χ1) is 15.3. The topological polar surface area (TPSA) is 108 Å². The van der Waals surface area contributed by atoms with E-state index in [0.29, 0.717) is 61.5 Å². The summed E-state index contributed by atoms with van der Waals surface area (Å²) in [5, 5.41) is 25.6. The van der Waals surface area contributed by atoms with Crippen molar-refractivity contribution in [2.24, 2.45) is 0 Å². The molecule has 4 rings (SSSR count). The molecule has 1 saturated carbocycles. The van der Waals surface area contributed by atoms with Crippen LogP contribution in [0.3, 0.4) is 0 Å². The van der Waals surface area contributed by atoms with Crippen LogP contribution in [0.4, 0.5) is 30.8 Å². The van der Waals surface area contributed by atoms with Crippen LogP contribution in [0.5, 0.6) is 0 Å². The molecule has 1 aliphatic carbocycles. The smallest absolute Gasteiger partial charge is 0.224 e. The van der Waals surface area contributed by atoms with Crippen LogP contribution < -0.4 is 10.6 Å². The highest BCUT2D eigenvalue weighted by Crippen LogP contribution is 2.39. The minimum absolute atomic E-state index is 0.130. The Morgan fingerprint density at radius 3 is 2.47 bits per heavy atom. The van der Waals surface area contributed by atoms with Gasteiger partial charge in [0.15, 0.2) is 17.3 Å². The van der Waals surface area contributed by atoms with Gasteiger partial charge in [0.1, 0.15) is 17.0 Å². The lowest BCUT2D eigenvalue weighted by Gasteiger charge is -2.35. The Morgan fingerprint density at radius 2 is 1.84 bits per heavy atom. The van der Waals surface area contributed by atoms with Crippen molar-refractivity contribution in [3.63, 3.8) is 0 Å². The number of rotatable bonds is 7. The maximum Gasteiger partial charge on any atom is 0.224 e. The highest BCUT2D eigenvalue weighted by atomic mass is 19.1. The van der Waals surface area contributed by atoms with Crippen LogP contribution in [0.1, 0.15) is 45.1 Å². The first kappa shape index (κ1) is 22.3. The molecule has 0 saturated heterocycles. The molecule has 1 fully saturated rings. The van der Waals surface area contributed by atoms with E-state index in [1.54, 1.807) is 4.57 Å². The molecule has 2 aromatic heterocycles. The van der Waals surface area contributed by atoms with Crippen LogP contribution in [-0.2, 0) is 0 Å². The molecular weight excluding hydrogens is 425 g/mol. The number of aromatic nitrogens is 4. The van der Waals surface area contributed by atoms with Crippen molar-refractivity contribution in [3.05, 3.63) is 35.8 Å². The number of fused-ring (bicyclic) bond motifs is 1. The van der Waals surface area contributed by atoms with Gasteiger partial charge in [0.2, 0.25) is 11.9 Å². The molecule has 0 spiro atoms. The molecule has 8 nitrogen and oxygen atoms in total. The van der Waals surface area contributed by atoms with Gasteiger partial charge >= 0.3 is 0 Å². The van der Waals surface area contributed by atoms with Gasteiger partial charge in [-0.2, -0.15) is 4.98 Å². The Hall–Kier alpha value is -2.92. The van der Waals surface area contributed by atoms with Gasteiger partial charge in [-0.05, 0) is 32.1 Å².